The van der Waals surface area contributed by atoms with Crippen LogP contribution < -0.4 is 20.5 Å². The lowest BCUT2D eigenvalue weighted by Gasteiger charge is -2.26. The molecule has 6 heteroatoms. The van der Waals surface area contributed by atoms with Crippen molar-refractivity contribution in [2.24, 2.45) is 0 Å². The van der Waals surface area contributed by atoms with Crippen LogP contribution in [0, 0.1) is 0 Å². The maximum atomic E-state index is 12.3. The van der Waals surface area contributed by atoms with Crippen LogP contribution in [0.5, 0.6) is 11.5 Å². The number of halogens is 1. The predicted octanol–water partition coefficient (Wildman–Crippen LogP) is 3.66. The summed E-state index contributed by atoms with van der Waals surface area (Å²) >= 11 is 0. The normalized spacial score (nSPS) is 15.3. The zero-order chi connectivity index (χ0) is 17.6. The van der Waals surface area contributed by atoms with Gasteiger partial charge in [-0.05, 0) is 54.7 Å². The third-order valence-corrected chi connectivity index (χ3v) is 4.47. The van der Waals surface area contributed by atoms with E-state index in [1.807, 2.05) is 42.5 Å². The van der Waals surface area contributed by atoms with E-state index in [-0.39, 0.29) is 24.4 Å². The molecule has 0 saturated heterocycles. The van der Waals surface area contributed by atoms with Crippen LogP contribution in [0.15, 0.2) is 42.5 Å². The molecule has 0 spiro atoms. The van der Waals surface area contributed by atoms with Gasteiger partial charge in [0, 0.05) is 5.69 Å². The molecule has 1 aliphatic carbocycles. The van der Waals surface area contributed by atoms with Gasteiger partial charge in [-0.15, -0.1) is 12.4 Å². The SMILES string of the molecule is COc1ccccc1OCCC(=O)NC1CCCc2cc(N)ccc21.Cl. The minimum absolute atomic E-state index is 0. The number of amides is 1. The van der Waals surface area contributed by atoms with E-state index < -0.39 is 0 Å². The first-order chi connectivity index (χ1) is 12.2. The van der Waals surface area contributed by atoms with Crippen LogP contribution in [-0.4, -0.2) is 19.6 Å². The number of hydrogen-bond acceptors (Lipinski definition) is 4. The van der Waals surface area contributed by atoms with Gasteiger partial charge in [0.2, 0.25) is 5.91 Å². The van der Waals surface area contributed by atoms with Gasteiger partial charge in [-0.3, -0.25) is 4.79 Å². The average molecular weight is 377 g/mol. The first kappa shape index (κ1) is 19.9. The minimum atomic E-state index is -0.00965. The number of aryl methyl sites for hydroxylation is 1. The molecule has 26 heavy (non-hydrogen) atoms. The maximum Gasteiger partial charge on any atom is 0.223 e. The Morgan fingerprint density at radius 2 is 2.00 bits per heavy atom. The highest BCUT2D eigenvalue weighted by molar-refractivity contribution is 5.85. The van der Waals surface area contributed by atoms with Crippen molar-refractivity contribution >= 4 is 24.0 Å². The van der Waals surface area contributed by atoms with Gasteiger partial charge in [-0.2, -0.15) is 0 Å². The molecule has 3 N–H and O–H groups in total. The Kier molecular flexibility index (Phi) is 7.16. The number of rotatable bonds is 6. The number of nitrogens with one attached hydrogen (secondary N) is 1. The molecular formula is C20H25ClN2O3. The van der Waals surface area contributed by atoms with Gasteiger partial charge in [0.05, 0.1) is 26.2 Å². The molecule has 0 aromatic heterocycles. The number of anilines is 1. The molecule has 2 aromatic rings. The second kappa shape index (κ2) is 9.34. The molecule has 0 heterocycles. The number of ether oxygens (including phenoxy) is 2. The molecule has 0 aliphatic heterocycles. The molecular weight excluding hydrogens is 352 g/mol. The van der Waals surface area contributed by atoms with Crippen molar-refractivity contribution < 1.29 is 14.3 Å². The van der Waals surface area contributed by atoms with E-state index in [4.69, 9.17) is 15.2 Å². The van der Waals surface area contributed by atoms with Gasteiger partial charge in [0.25, 0.3) is 0 Å². The molecule has 5 nitrogen and oxygen atoms in total. The second-order valence-electron chi connectivity index (χ2n) is 6.22. The van der Waals surface area contributed by atoms with E-state index in [1.165, 1.54) is 11.1 Å². The topological polar surface area (TPSA) is 73.6 Å². The number of benzene rings is 2. The number of carbonyl (C=O) groups is 1. The standard InChI is InChI=1S/C20H24N2O3.ClH/c1-24-18-7-2-3-8-19(18)25-12-11-20(23)22-17-6-4-5-14-13-15(21)9-10-16(14)17;/h2-3,7-10,13,17H,4-6,11-12,21H2,1H3,(H,22,23);1H. The lowest BCUT2D eigenvalue weighted by molar-refractivity contribution is -0.122. The van der Waals surface area contributed by atoms with Gasteiger partial charge in [-0.25, -0.2) is 0 Å². The van der Waals surface area contributed by atoms with E-state index in [0.29, 0.717) is 24.5 Å². The largest absolute Gasteiger partial charge is 0.493 e. The summed E-state index contributed by atoms with van der Waals surface area (Å²) in [5.41, 5.74) is 9.05. The summed E-state index contributed by atoms with van der Waals surface area (Å²) in [4.78, 5) is 12.3. The fourth-order valence-corrected chi connectivity index (χ4v) is 3.24. The van der Waals surface area contributed by atoms with E-state index >= 15 is 0 Å². The highest BCUT2D eigenvalue weighted by atomic mass is 35.5. The number of nitrogen functional groups attached to an aromatic ring is 1. The number of para-hydroxylation sites is 2. The molecule has 3 rings (SSSR count). The van der Waals surface area contributed by atoms with Crippen molar-refractivity contribution in [3.8, 4) is 11.5 Å². The number of methoxy groups -OCH3 is 1. The molecule has 1 unspecified atom stereocenters. The van der Waals surface area contributed by atoms with E-state index in [9.17, 15) is 4.79 Å². The smallest absolute Gasteiger partial charge is 0.223 e. The minimum Gasteiger partial charge on any atom is -0.493 e. The van der Waals surface area contributed by atoms with Crippen LogP contribution in [0.1, 0.15) is 36.4 Å². The summed E-state index contributed by atoms with van der Waals surface area (Å²) < 4.78 is 10.9. The molecule has 0 fully saturated rings. The molecule has 1 amide bonds. The summed E-state index contributed by atoms with van der Waals surface area (Å²) in [5, 5.41) is 3.12. The Bertz CT molecular complexity index is 752. The van der Waals surface area contributed by atoms with E-state index in [2.05, 4.69) is 5.32 Å². The lowest BCUT2D eigenvalue weighted by Crippen LogP contribution is -2.31. The number of nitrogens with two attached hydrogens (primary N) is 1. The fourth-order valence-electron chi connectivity index (χ4n) is 3.24. The fraction of sp³-hybridized carbons (Fsp3) is 0.350. The zero-order valence-electron chi connectivity index (χ0n) is 14.9. The van der Waals surface area contributed by atoms with Crippen LogP contribution in [0.2, 0.25) is 0 Å². The zero-order valence-corrected chi connectivity index (χ0v) is 15.7. The Morgan fingerprint density at radius 3 is 2.77 bits per heavy atom. The van der Waals surface area contributed by atoms with Crippen molar-refractivity contribution in [3.05, 3.63) is 53.6 Å². The molecule has 2 aromatic carbocycles. The number of hydrogen-bond donors (Lipinski definition) is 2. The summed E-state index contributed by atoms with van der Waals surface area (Å²) in [6.45, 7) is 0.313. The van der Waals surface area contributed by atoms with Gasteiger partial charge < -0.3 is 20.5 Å². The first-order valence-corrected chi connectivity index (χ1v) is 8.61. The first-order valence-electron chi connectivity index (χ1n) is 8.61. The monoisotopic (exact) mass is 376 g/mol. The van der Waals surface area contributed by atoms with Crippen molar-refractivity contribution in [1.29, 1.82) is 0 Å². The van der Waals surface area contributed by atoms with Crippen LogP contribution in [0.4, 0.5) is 5.69 Å². The quantitative estimate of drug-likeness (QED) is 0.754. The highest BCUT2D eigenvalue weighted by Crippen LogP contribution is 2.31. The number of fused-ring (bicyclic) bond motifs is 1. The van der Waals surface area contributed by atoms with Gasteiger partial charge in [0.1, 0.15) is 0 Å². The third-order valence-electron chi connectivity index (χ3n) is 4.47. The lowest BCUT2D eigenvalue weighted by atomic mass is 9.87. The second-order valence-corrected chi connectivity index (χ2v) is 6.22. The number of carbonyl (C=O) groups excluding carboxylic acids is 1. The molecule has 0 bridgehead atoms. The molecule has 0 radical (unpaired) electrons. The van der Waals surface area contributed by atoms with Crippen molar-refractivity contribution in [1.82, 2.24) is 5.32 Å². The van der Waals surface area contributed by atoms with Crippen molar-refractivity contribution in [2.45, 2.75) is 31.7 Å². The summed E-state index contributed by atoms with van der Waals surface area (Å²) in [6.07, 6.45) is 3.33. The van der Waals surface area contributed by atoms with Crippen LogP contribution in [0.25, 0.3) is 0 Å². The predicted molar refractivity (Wildman–Crippen MR) is 105 cm³/mol. The van der Waals surface area contributed by atoms with Crippen LogP contribution in [-0.2, 0) is 11.2 Å². The van der Waals surface area contributed by atoms with E-state index in [1.54, 1.807) is 7.11 Å². The Morgan fingerprint density at radius 1 is 1.23 bits per heavy atom. The maximum absolute atomic E-state index is 12.3. The average Bonchev–Trinajstić information content (AvgIpc) is 2.62. The van der Waals surface area contributed by atoms with Crippen LogP contribution >= 0.6 is 12.4 Å². The summed E-state index contributed by atoms with van der Waals surface area (Å²) in [5.74, 6) is 1.31. The summed E-state index contributed by atoms with van der Waals surface area (Å²) in [7, 11) is 1.60. The van der Waals surface area contributed by atoms with Gasteiger partial charge in [-0.1, -0.05) is 18.2 Å². The van der Waals surface area contributed by atoms with Gasteiger partial charge in [0.15, 0.2) is 11.5 Å². The van der Waals surface area contributed by atoms with Crippen LogP contribution in [0.3, 0.4) is 0 Å². The molecule has 1 aliphatic rings. The Labute approximate surface area is 160 Å². The molecule has 0 saturated carbocycles. The van der Waals surface area contributed by atoms with Gasteiger partial charge >= 0.3 is 0 Å². The molecule has 140 valence electrons. The molecule has 1 atom stereocenters. The Balaban J connectivity index is 0.00000243. The Hall–Kier alpha value is -2.40. The summed E-state index contributed by atoms with van der Waals surface area (Å²) in [6, 6.07) is 13.4. The van der Waals surface area contributed by atoms with Crippen molar-refractivity contribution in [3.63, 3.8) is 0 Å². The van der Waals surface area contributed by atoms with E-state index in [0.717, 1.165) is 24.9 Å². The highest BCUT2D eigenvalue weighted by Gasteiger charge is 2.21. The van der Waals surface area contributed by atoms with Crippen molar-refractivity contribution in [2.75, 3.05) is 19.5 Å². The third kappa shape index (κ3) is 4.82.